The summed E-state index contributed by atoms with van der Waals surface area (Å²) in [6.45, 7) is 3.95. The lowest BCUT2D eigenvalue weighted by Crippen LogP contribution is -2.22. The number of aliphatic hydroxyl groups is 1. The van der Waals surface area contributed by atoms with Crippen LogP contribution in [0.5, 0.6) is 11.6 Å². The molecular weight excluding hydrogens is 514 g/mol. The topological polar surface area (TPSA) is 146 Å². The predicted molar refractivity (Wildman–Crippen MR) is 152 cm³/mol. The molecule has 5 N–H and O–H groups in total. The second kappa shape index (κ2) is 16.5. The van der Waals surface area contributed by atoms with Crippen molar-refractivity contribution in [2.24, 2.45) is 0 Å². The SMILES string of the molecule is CC(=O)OCc1cc([C@H](O)CNCCCCCCOCCCCc2cccc(-n3c(O)c[nH]c3=O)c2)ccc1O. The average Bonchev–Trinajstić information content (AvgIpc) is 3.28. The molecule has 0 saturated heterocycles. The zero-order valence-electron chi connectivity index (χ0n) is 23.1. The molecule has 218 valence electrons. The van der Waals surface area contributed by atoms with Crippen molar-refractivity contribution in [2.45, 2.75) is 64.6 Å². The van der Waals surface area contributed by atoms with E-state index in [9.17, 15) is 24.9 Å². The van der Waals surface area contributed by atoms with Crippen LogP contribution < -0.4 is 11.0 Å². The van der Waals surface area contributed by atoms with Gasteiger partial charge in [0.2, 0.25) is 5.88 Å². The molecule has 40 heavy (non-hydrogen) atoms. The highest BCUT2D eigenvalue weighted by atomic mass is 16.5. The van der Waals surface area contributed by atoms with E-state index in [2.05, 4.69) is 10.3 Å². The maximum atomic E-state index is 11.8. The zero-order valence-corrected chi connectivity index (χ0v) is 23.1. The Kier molecular flexibility index (Phi) is 12.8. The van der Waals surface area contributed by atoms with Crippen LogP contribution in [-0.4, -0.2) is 57.1 Å². The smallest absolute Gasteiger partial charge is 0.333 e. The number of nitrogens with one attached hydrogen (secondary N) is 2. The number of aromatic amines is 1. The third-order valence-corrected chi connectivity index (χ3v) is 6.58. The largest absolute Gasteiger partial charge is 0.508 e. The van der Waals surface area contributed by atoms with Crippen molar-refractivity contribution in [1.82, 2.24) is 14.9 Å². The summed E-state index contributed by atoms with van der Waals surface area (Å²) < 4.78 is 11.9. The van der Waals surface area contributed by atoms with E-state index < -0.39 is 12.1 Å². The van der Waals surface area contributed by atoms with Gasteiger partial charge in [0.15, 0.2) is 0 Å². The van der Waals surface area contributed by atoms with E-state index >= 15 is 0 Å². The van der Waals surface area contributed by atoms with E-state index in [0.717, 1.165) is 70.3 Å². The Labute approximate surface area is 234 Å². The number of hydrogen-bond donors (Lipinski definition) is 5. The van der Waals surface area contributed by atoms with Gasteiger partial charge in [0, 0.05) is 32.2 Å². The van der Waals surface area contributed by atoms with Crippen LogP contribution in [0.2, 0.25) is 0 Å². The van der Waals surface area contributed by atoms with Gasteiger partial charge in [-0.1, -0.05) is 31.0 Å². The predicted octanol–water partition coefficient (Wildman–Crippen LogP) is 3.86. The molecule has 0 spiro atoms. The summed E-state index contributed by atoms with van der Waals surface area (Å²) in [4.78, 5) is 25.3. The number of rotatable bonds is 18. The molecule has 0 aliphatic heterocycles. The van der Waals surface area contributed by atoms with E-state index in [4.69, 9.17) is 9.47 Å². The highest BCUT2D eigenvalue weighted by Gasteiger charge is 2.11. The molecule has 10 heteroatoms. The summed E-state index contributed by atoms with van der Waals surface area (Å²) in [7, 11) is 0. The monoisotopic (exact) mass is 555 g/mol. The fraction of sp³-hybridized carbons (Fsp3) is 0.467. The first kappa shape index (κ1) is 30.9. The van der Waals surface area contributed by atoms with E-state index in [1.54, 1.807) is 18.2 Å². The number of aromatic hydroxyl groups is 2. The van der Waals surface area contributed by atoms with Crippen LogP contribution in [0.1, 0.15) is 68.2 Å². The number of phenolic OH excluding ortho intramolecular Hbond substituents is 1. The maximum absolute atomic E-state index is 11.8. The van der Waals surface area contributed by atoms with Crippen molar-refractivity contribution in [3.63, 3.8) is 0 Å². The minimum Gasteiger partial charge on any atom is -0.508 e. The number of H-pyrrole nitrogens is 1. The molecule has 0 fully saturated rings. The number of esters is 1. The van der Waals surface area contributed by atoms with Crippen molar-refractivity contribution in [2.75, 3.05) is 26.3 Å². The lowest BCUT2D eigenvalue weighted by atomic mass is 10.1. The molecular formula is C30H41N3O7. The van der Waals surface area contributed by atoms with Gasteiger partial charge in [-0.3, -0.25) is 4.79 Å². The third-order valence-electron chi connectivity index (χ3n) is 6.58. The van der Waals surface area contributed by atoms with E-state index in [1.165, 1.54) is 23.8 Å². The van der Waals surface area contributed by atoms with Crippen LogP contribution in [0.15, 0.2) is 53.5 Å². The standard InChI is InChI=1S/C30H41N3O7/c1-22(34)40-21-25-18-24(12-13-27(25)35)28(36)19-31-14-5-2-3-6-15-39-16-7-4-9-23-10-8-11-26(17-23)33-29(37)20-32-30(33)38/h8,10-13,17-18,20,28,31,35-37H,2-7,9,14-16,19,21H2,1H3,(H,32,38)/t28-/m1/s1. The van der Waals surface area contributed by atoms with E-state index in [-0.39, 0.29) is 23.9 Å². The molecule has 1 heterocycles. The number of aryl methyl sites for hydroxylation is 1. The first-order valence-corrected chi connectivity index (χ1v) is 13.9. The number of carbonyl (C=O) groups is 1. The van der Waals surface area contributed by atoms with Gasteiger partial charge >= 0.3 is 11.7 Å². The molecule has 1 aromatic heterocycles. The molecule has 0 amide bonds. The second-order valence-electron chi connectivity index (χ2n) is 9.83. The van der Waals surface area contributed by atoms with Gasteiger partial charge < -0.3 is 35.1 Å². The van der Waals surface area contributed by atoms with E-state index in [1.807, 2.05) is 18.2 Å². The minimum atomic E-state index is -0.717. The lowest BCUT2D eigenvalue weighted by molar-refractivity contribution is -0.142. The highest BCUT2D eigenvalue weighted by Crippen LogP contribution is 2.23. The summed E-state index contributed by atoms with van der Waals surface area (Å²) in [6, 6.07) is 12.4. The Hall–Kier alpha value is -3.60. The summed E-state index contributed by atoms with van der Waals surface area (Å²) in [5, 5.41) is 33.4. The Morgan fingerprint density at radius 2 is 1.80 bits per heavy atom. The summed E-state index contributed by atoms with van der Waals surface area (Å²) in [5.41, 5.74) is 2.52. The van der Waals surface area contributed by atoms with Gasteiger partial charge in [0.25, 0.3) is 0 Å². The van der Waals surface area contributed by atoms with E-state index in [0.29, 0.717) is 23.4 Å². The number of aromatic nitrogens is 2. The summed E-state index contributed by atoms with van der Waals surface area (Å²) in [5.74, 6) is -0.499. The molecule has 10 nitrogen and oxygen atoms in total. The van der Waals surface area contributed by atoms with Crippen LogP contribution in [0.4, 0.5) is 0 Å². The fourth-order valence-electron chi connectivity index (χ4n) is 4.37. The van der Waals surface area contributed by atoms with Crippen LogP contribution >= 0.6 is 0 Å². The number of ether oxygens (including phenoxy) is 2. The van der Waals surface area contributed by atoms with Gasteiger partial charge in [0.05, 0.1) is 18.0 Å². The van der Waals surface area contributed by atoms with Gasteiger partial charge in [0.1, 0.15) is 12.4 Å². The van der Waals surface area contributed by atoms with Crippen LogP contribution in [0.25, 0.3) is 5.69 Å². The Morgan fingerprint density at radius 1 is 1.02 bits per heavy atom. The van der Waals surface area contributed by atoms with Gasteiger partial charge in [-0.05, 0) is 74.0 Å². The van der Waals surface area contributed by atoms with Crippen molar-refractivity contribution in [3.8, 4) is 17.3 Å². The number of hydrogen-bond acceptors (Lipinski definition) is 8. The second-order valence-corrected chi connectivity index (χ2v) is 9.83. The number of carbonyl (C=O) groups excluding carboxylic acids is 1. The van der Waals surface area contributed by atoms with Gasteiger partial charge in [-0.25, -0.2) is 9.36 Å². The molecule has 2 aromatic carbocycles. The first-order valence-electron chi connectivity index (χ1n) is 13.9. The molecule has 3 aromatic rings. The fourth-order valence-corrected chi connectivity index (χ4v) is 4.37. The molecule has 0 unspecified atom stereocenters. The summed E-state index contributed by atoms with van der Waals surface area (Å²) in [6.07, 6.45) is 7.55. The number of imidazole rings is 1. The van der Waals surface area contributed by atoms with Crippen LogP contribution in [-0.2, 0) is 27.3 Å². The quantitative estimate of drug-likeness (QED) is 0.117. The van der Waals surface area contributed by atoms with Crippen LogP contribution in [0.3, 0.4) is 0 Å². The average molecular weight is 556 g/mol. The Bertz CT molecular complexity index is 1250. The zero-order chi connectivity index (χ0) is 28.7. The van der Waals surface area contributed by atoms with Gasteiger partial charge in [-0.15, -0.1) is 0 Å². The van der Waals surface area contributed by atoms with Crippen molar-refractivity contribution < 1.29 is 29.6 Å². The molecule has 0 bridgehead atoms. The maximum Gasteiger partial charge on any atom is 0.333 e. The lowest BCUT2D eigenvalue weighted by Gasteiger charge is -2.14. The van der Waals surface area contributed by atoms with Gasteiger partial charge in [-0.2, -0.15) is 0 Å². The molecule has 0 aliphatic rings. The Balaban J connectivity index is 1.18. The van der Waals surface area contributed by atoms with Crippen molar-refractivity contribution in [3.05, 3.63) is 75.8 Å². The minimum absolute atomic E-state index is 0.0283. The third kappa shape index (κ3) is 10.2. The number of unbranched alkanes of at least 4 members (excludes halogenated alkanes) is 4. The van der Waals surface area contributed by atoms with Crippen molar-refractivity contribution >= 4 is 5.97 Å². The number of benzene rings is 2. The number of nitrogens with zero attached hydrogens (tertiary/aromatic N) is 1. The first-order chi connectivity index (χ1) is 19.3. The van der Waals surface area contributed by atoms with Crippen LogP contribution in [0, 0.1) is 0 Å². The number of aliphatic hydroxyl groups excluding tert-OH is 1. The molecule has 1 atom stereocenters. The summed E-state index contributed by atoms with van der Waals surface area (Å²) >= 11 is 0. The molecule has 0 saturated carbocycles. The molecule has 3 rings (SSSR count). The normalized spacial score (nSPS) is 11.9. The number of phenols is 1. The highest BCUT2D eigenvalue weighted by molar-refractivity contribution is 5.66. The van der Waals surface area contributed by atoms with Crippen molar-refractivity contribution in [1.29, 1.82) is 0 Å². The Morgan fingerprint density at radius 3 is 2.55 bits per heavy atom. The molecule has 0 radical (unpaired) electrons. The molecule has 0 aliphatic carbocycles.